The quantitative estimate of drug-likeness (QED) is 0.867. The molecule has 2 unspecified atom stereocenters. The molecular weight excluding hydrogens is 238 g/mol. The van der Waals surface area contributed by atoms with Crippen LogP contribution in [0.25, 0.3) is 11.0 Å². The van der Waals surface area contributed by atoms with Gasteiger partial charge in [0.05, 0.1) is 6.26 Å². The molecule has 2 aromatic rings. The second-order valence-corrected chi connectivity index (χ2v) is 5.69. The summed E-state index contributed by atoms with van der Waals surface area (Å²) in [7, 11) is 0. The molecular formula is C16H21NO2. The molecule has 0 aliphatic heterocycles. The molecule has 3 rings (SSSR count). The zero-order valence-corrected chi connectivity index (χ0v) is 11.5. The molecule has 1 fully saturated rings. The smallest absolute Gasteiger partial charge is 0.134 e. The molecule has 0 bridgehead atoms. The van der Waals surface area contributed by atoms with Crippen molar-refractivity contribution >= 4 is 11.0 Å². The van der Waals surface area contributed by atoms with E-state index in [1.54, 1.807) is 6.26 Å². The van der Waals surface area contributed by atoms with Gasteiger partial charge in [0.15, 0.2) is 0 Å². The molecule has 3 nitrogen and oxygen atoms in total. The van der Waals surface area contributed by atoms with Crippen molar-refractivity contribution in [2.75, 3.05) is 6.54 Å². The molecule has 1 heterocycles. The fraction of sp³-hybridized carbons (Fsp3) is 0.500. The van der Waals surface area contributed by atoms with Gasteiger partial charge in [0.25, 0.3) is 0 Å². The van der Waals surface area contributed by atoms with Crippen LogP contribution in [0, 0.1) is 5.92 Å². The maximum atomic E-state index is 11.0. The minimum Gasteiger partial charge on any atom is -0.464 e. The van der Waals surface area contributed by atoms with Crippen LogP contribution in [0.1, 0.15) is 32.3 Å². The zero-order chi connectivity index (χ0) is 13.5. The van der Waals surface area contributed by atoms with Gasteiger partial charge in [-0.3, -0.25) is 0 Å². The molecule has 0 radical (unpaired) electrons. The first-order chi connectivity index (χ1) is 9.13. The summed E-state index contributed by atoms with van der Waals surface area (Å²) >= 11 is 0. The highest BCUT2D eigenvalue weighted by molar-refractivity contribution is 5.77. The Bertz CT molecular complexity index is 569. The fourth-order valence-corrected chi connectivity index (χ4v) is 2.92. The van der Waals surface area contributed by atoms with Crippen molar-refractivity contribution in [3.05, 3.63) is 36.1 Å². The fourth-order valence-electron chi connectivity index (χ4n) is 2.92. The van der Waals surface area contributed by atoms with E-state index in [9.17, 15) is 5.11 Å². The van der Waals surface area contributed by atoms with E-state index in [0.717, 1.165) is 23.1 Å². The van der Waals surface area contributed by atoms with E-state index in [0.29, 0.717) is 5.92 Å². The third-order valence-corrected chi connectivity index (χ3v) is 4.16. The molecule has 2 atom stereocenters. The van der Waals surface area contributed by atoms with Crippen LogP contribution < -0.4 is 5.32 Å². The van der Waals surface area contributed by atoms with E-state index >= 15 is 0 Å². The summed E-state index contributed by atoms with van der Waals surface area (Å²) in [6.45, 7) is 4.87. The van der Waals surface area contributed by atoms with Crippen molar-refractivity contribution in [1.29, 1.82) is 0 Å². The lowest BCUT2D eigenvalue weighted by molar-refractivity contribution is 0.00750. The highest BCUT2D eigenvalue weighted by Crippen LogP contribution is 2.41. The van der Waals surface area contributed by atoms with Crippen LogP contribution in [0.3, 0.4) is 0 Å². The summed E-state index contributed by atoms with van der Waals surface area (Å²) in [5, 5.41) is 15.5. The number of nitrogens with one attached hydrogen (secondary N) is 1. The molecule has 0 spiro atoms. The minimum absolute atomic E-state index is 0.116. The molecule has 3 heteroatoms. The third-order valence-electron chi connectivity index (χ3n) is 4.16. The van der Waals surface area contributed by atoms with Crippen LogP contribution in [-0.2, 0) is 5.60 Å². The third kappa shape index (κ3) is 2.28. The molecule has 0 amide bonds. The summed E-state index contributed by atoms with van der Waals surface area (Å²) in [5.41, 5.74) is 0.898. The van der Waals surface area contributed by atoms with E-state index < -0.39 is 5.60 Å². The SMILES string of the molecule is CCNC(C1CC1)C(C)(O)c1ccc2ccoc2c1. The van der Waals surface area contributed by atoms with E-state index in [-0.39, 0.29) is 6.04 Å². The Kier molecular flexibility index (Phi) is 3.11. The van der Waals surface area contributed by atoms with Crippen LogP contribution in [0.5, 0.6) is 0 Å². The van der Waals surface area contributed by atoms with E-state index in [1.165, 1.54) is 12.8 Å². The van der Waals surface area contributed by atoms with Gasteiger partial charge in [0, 0.05) is 11.4 Å². The normalized spacial score (nSPS) is 20.4. The van der Waals surface area contributed by atoms with Gasteiger partial charge in [-0.05, 0) is 49.9 Å². The minimum atomic E-state index is -0.863. The van der Waals surface area contributed by atoms with Crippen LogP contribution in [-0.4, -0.2) is 17.7 Å². The first-order valence-electron chi connectivity index (χ1n) is 7.06. The molecule has 1 aliphatic rings. The van der Waals surface area contributed by atoms with Gasteiger partial charge in [-0.15, -0.1) is 0 Å². The lowest BCUT2D eigenvalue weighted by Gasteiger charge is -2.34. The van der Waals surface area contributed by atoms with Gasteiger partial charge in [-0.1, -0.05) is 19.1 Å². The maximum Gasteiger partial charge on any atom is 0.134 e. The van der Waals surface area contributed by atoms with Gasteiger partial charge in [-0.2, -0.15) is 0 Å². The van der Waals surface area contributed by atoms with Crippen molar-refractivity contribution in [2.24, 2.45) is 5.92 Å². The Labute approximate surface area is 113 Å². The van der Waals surface area contributed by atoms with E-state index in [2.05, 4.69) is 12.2 Å². The number of fused-ring (bicyclic) bond motifs is 1. The van der Waals surface area contributed by atoms with Gasteiger partial charge >= 0.3 is 0 Å². The Balaban J connectivity index is 1.96. The van der Waals surface area contributed by atoms with Gasteiger partial charge in [0.1, 0.15) is 11.2 Å². The van der Waals surface area contributed by atoms with E-state index in [1.807, 2.05) is 31.2 Å². The lowest BCUT2D eigenvalue weighted by Crippen LogP contribution is -2.48. The predicted molar refractivity (Wildman–Crippen MR) is 76.0 cm³/mol. The average molecular weight is 259 g/mol. The Morgan fingerprint density at radius 2 is 2.21 bits per heavy atom. The summed E-state index contributed by atoms with van der Waals surface area (Å²) in [5.74, 6) is 0.585. The number of hydrogen-bond donors (Lipinski definition) is 2. The summed E-state index contributed by atoms with van der Waals surface area (Å²) < 4.78 is 5.44. The molecule has 1 saturated carbocycles. The van der Waals surface area contributed by atoms with Gasteiger partial charge in [0.2, 0.25) is 0 Å². The molecule has 102 valence electrons. The van der Waals surface area contributed by atoms with Crippen molar-refractivity contribution in [2.45, 2.75) is 38.3 Å². The van der Waals surface area contributed by atoms with Crippen molar-refractivity contribution in [1.82, 2.24) is 5.32 Å². The maximum absolute atomic E-state index is 11.0. The largest absolute Gasteiger partial charge is 0.464 e. The first-order valence-corrected chi connectivity index (χ1v) is 7.06. The van der Waals surface area contributed by atoms with Crippen LogP contribution in [0.4, 0.5) is 0 Å². The summed E-state index contributed by atoms with van der Waals surface area (Å²) in [4.78, 5) is 0. The summed E-state index contributed by atoms with van der Waals surface area (Å²) in [6.07, 6.45) is 4.10. The summed E-state index contributed by atoms with van der Waals surface area (Å²) in [6, 6.07) is 8.03. The number of aliphatic hydroxyl groups is 1. The second-order valence-electron chi connectivity index (χ2n) is 5.69. The second kappa shape index (κ2) is 4.66. The monoisotopic (exact) mass is 259 g/mol. The number of furan rings is 1. The number of benzene rings is 1. The predicted octanol–water partition coefficient (Wildman–Crippen LogP) is 3.03. The molecule has 1 aromatic heterocycles. The van der Waals surface area contributed by atoms with Crippen molar-refractivity contribution in [3.63, 3.8) is 0 Å². The number of likely N-dealkylation sites (N-methyl/N-ethyl adjacent to an activating group) is 1. The van der Waals surface area contributed by atoms with Gasteiger partial charge < -0.3 is 14.8 Å². The topological polar surface area (TPSA) is 45.4 Å². The van der Waals surface area contributed by atoms with Crippen molar-refractivity contribution in [3.8, 4) is 0 Å². The Hall–Kier alpha value is -1.32. The molecule has 2 N–H and O–H groups in total. The number of rotatable bonds is 5. The molecule has 19 heavy (non-hydrogen) atoms. The lowest BCUT2D eigenvalue weighted by atomic mass is 9.85. The Morgan fingerprint density at radius 3 is 2.89 bits per heavy atom. The first kappa shape index (κ1) is 12.7. The van der Waals surface area contributed by atoms with Crippen LogP contribution >= 0.6 is 0 Å². The van der Waals surface area contributed by atoms with Gasteiger partial charge in [-0.25, -0.2) is 0 Å². The standard InChI is InChI=1S/C16H21NO2/c1-3-17-15(12-4-5-12)16(2,18)13-7-6-11-8-9-19-14(11)10-13/h6-10,12,15,17-18H,3-5H2,1-2H3. The molecule has 0 saturated heterocycles. The van der Waals surface area contributed by atoms with E-state index in [4.69, 9.17) is 4.42 Å². The van der Waals surface area contributed by atoms with Crippen LogP contribution in [0.2, 0.25) is 0 Å². The molecule has 1 aliphatic carbocycles. The average Bonchev–Trinajstić information content (AvgIpc) is 3.11. The van der Waals surface area contributed by atoms with Crippen molar-refractivity contribution < 1.29 is 9.52 Å². The zero-order valence-electron chi connectivity index (χ0n) is 11.5. The van der Waals surface area contributed by atoms with Crippen LogP contribution in [0.15, 0.2) is 34.9 Å². The molecule has 1 aromatic carbocycles. The highest BCUT2D eigenvalue weighted by atomic mass is 16.3. The highest BCUT2D eigenvalue weighted by Gasteiger charge is 2.43. The Morgan fingerprint density at radius 1 is 1.42 bits per heavy atom. The number of hydrogen-bond acceptors (Lipinski definition) is 3.